The standard InChI is InChI=1S/C14H20N2O2S2/c1-10-5-6-11(13(15)19)9-12(10)20(17,18)16-14(2)7-3-4-8-14/h5-6,9,16H,3-4,7-8H2,1-2H3,(H2,15,19). The molecule has 0 heterocycles. The summed E-state index contributed by atoms with van der Waals surface area (Å²) < 4.78 is 28.0. The Labute approximate surface area is 125 Å². The van der Waals surface area contributed by atoms with Crippen LogP contribution in [0.4, 0.5) is 0 Å². The molecule has 0 radical (unpaired) electrons. The molecule has 0 unspecified atom stereocenters. The van der Waals surface area contributed by atoms with Gasteiger partial charge in [-0.3, -0.25) is 0 Å². The van der Waals surface area contributed by atoms with Gasteiger partial charge in [0.15, 0.2) is 0 Å². The summed E-state index contributed by atoms with van der Waals surface area (Å²) in [5, 5.41) is 0. The third kappa shape index (κ3) is 3.19. The van der Waals surface area contributed by atoms with Crippen molar-refractivity contribution in [1.82, 2.24) is 4.72 Å². The van der Waals surface area contributed by atoms with Gasteiger partial charge in [-0.15, -0.1) is 0 Å². The summed E-state index contributed by atoms with van der Waals surface area (Å²) in [6, 6.07) is 5.03. The lowest BCUT2D eigenvalue weighted by Crippen LogP contribution is -2.43. The highest BCUT2D eigenvalue weighted by molar-refractivity contribution is 7.89. The molecular formula is C14H20N2O2S2. The Morgan fingerprint density at radius 2 is 1.95 bits per heavy atom. The van der Waals surface area contributed by atoms with Crippen molar-refractivity contribution in [2.75, 3.05) is 0 Å². The lowest BCUT2D eigenvalue weighted by Gasteiger charge is -2.25. The van der Waals surface area contributed by atoms with Crippen LogP contribution >= 0.6 is 12.2 Å². The molecule has 0 aromatic heterocycles. The van der Waals surface area contributed by atoms with Gasteiger partial charge in [0.25, 0.3) is 0 Å². The van der Waals surface area contributed by atoms with E-state index in [0.717, 1.165) is 25.7 Å². The van der Waals surface area contributed by atoms with E-state index in [1.807, 2.05) is 6.92 Å². The first-order valence-corrected chi connectivity index (χ1v) is 8.57. The van der Waals surface area contributed by atoms with Crippen molar-refractivity contribution >= 4 is 27.2 Å². The lowest BCUT2D eigenvalue weighted by atomic mass is 10.0. The van der Waals surface area contributed by atoms with Gasteiger partial charge in [0.05, 0.1) is 4.90 Å². The van der Waals surface area contributed by atoms with Crippen LogP contribution in [0.5, 0.6) is 0 Å². The zero-order valence-electron chi connectivity index (χ0n) is 11.8. The molecule has 1 fully saturated rings. The van der Waals surface area contributed by atoms with Crippen LogP contribution in [0.3, 0.4) is 0 Å². The molecule has 0 bridgehead atoms. The summed E-state index contributed by atoms with van der Waals surface area (Å²) in [7, 11) is -3.55. The molecule has 3 N–H and O–H groups in total. The molecular weight excluding hydrogens is 292 g/mol. The Kier molecular flexibility index (Phi) is 4.18. The normalized spacial score (nSPS) is 18.1. The van der Waals surface area contributed by atoms with E-state index in [1.165, 1.54) is 0 Å². The lowest BCUT2D eigenvalue weighted by molar-refractivity contribution is 0.427. The fourth-order valence-electron chi connectivity index (χ4n) is 2.68. The van der Waals surface area contributed by atoms with E-state index in [2.05, 4.69) is 4.72 Å². The van der Waals surface area contributed by atoms with Crippen LogP contribution < -0.4 is 10.5 Å². The van der Waals surface area contributed by atoms with E-state index in [-0.39, 0.29) is 15.4 Å². The third-order valence-electron chi connectivity index (χ3n) is 3.85. The van der Waals surface area contributed by atoms with Crippen LogP contribution in [0.25, 0.3) is 0 Å². The molecule has 0 aliphatic heterocycles. The molecule has 1 saturated carbocycles. The van der Waals surface area contributed by atoms with Gasteiger partial charge in [-0.25, -0.2) is 13.1 Å². The summed E-state index contributed by atoms with van der Waals surface area (Å²) >= 11 is 4.92. The second kappa shape index (κ2) is 5.42. The number of nitrogens with one attached hydrogen (secondary N) is 1. The number of sulfonamides is 1. The van der Waals surface area contributed by atoms with Crippen LogP contribution in [0.2, 0.25) is 0 Å². The van der Waals surface area contributed by atoms with Crippen LogP contribution in [-0.2, 0) is 10.0 Å². The highest BCUT2D eigenvalue weighted by Crippen LogP contribution is 2.31. The predicted octanol–water partition coefficient (Wildman–Crippen LogP) is 2.24. The Hall–Kier alpha value is -0.980. The molecule has 20 heavy (non-hydrogen) atoms. The van der Waals surface area contributed by atoms with Crippen molar-refractivity contribution in [3.05, 3.63) is 29.3 Å². The first kappa shape index (κ1) is 15.4. The smallest absolute Gasteiger partial charge is 0.241 e. The van der Waals surface area contributed by atoms with Crippen molar-refractivity contribution in [1.29, 1.82) is 0 Å². The van der Waals surface area contributed by atoms with E-state index in [4.69, 9.17) is 18.0 Å². The minimum absolute atomic E-state index is 0.202. The van der Waals surface area contributed by atoms with Gasteiger partial charge in [0.1, 0.15) is 4.99 Å². The summed E-state index contributed by atoms with van der Waals surface area (Å²) in [5.74, 6) is 0. The van der Waals surface area contributed by atoms with Crippen molar-refractivity contribution in [2.24, 2.45) is 5.73 Å². The first-order valence-electron chi connectivity index (χ1n) is 6.68. The quantitative estimate of drug-likeness (QED) is 0.836. The minimum atomic E-state index is -3.55. The molecule has 4 nitrogen and oxygen atoms in total. The van der Waals surface area contributed by atoms with Gasteiger partial charge in [-0.1, -0.05) is 37.2 Å². The summed E-state index contributed by atoms with van der Waals surface area (Å²) in [4.78, 5) is 0.462. The zero-order chi connectivity index (χ0) is 15.0. The number of thiocarbonyl (C=S) groups is 1. The predicted molar refractivity (Wildman–Crippen MR) is 84.3 cm³/mol. The van der Waals surface area contributed by atoms with Gasteiger partial charge in [0.2, 0.25) is 10.0 Å². The van der Waals surface area contributed by atoms with Gasteiger partial charge < -0.3 is 5.73 Å². The summed E-state index contributed by atoms with van der Waals surface area (Å²) in [6.45, 7) is 3.74. The van der Waals surface area contributed by atoms with Gasteiger partial charge in [-0.2, -0.15) is 0 Å². The molecule has 1 aliphatic carbocycles. The molecule has 110 valence electrons. The average molecular weight is 312 g/mol. The minimum Gasteiger partial charge on any atom is -0.389 e. The number of hydrogen-bond donors (Lipinski definition) is 2. The second-order valence-corrected chi connectivity index (χ2v) is 7.81. The number of benzene rings is 1. The van der Waals surface area contributed by atoms with Crippen LogP contribution in [0, 0.1) is 6.92 Å². The topological polar surface area (TPSA) is 72.2 Å². The Morgan fingerprint density at radius 1 is 1.35 bits per heavy atom. The van der Waals surface area contributed by atoms with E-state index in [0.29, 0.717) is 11.1 Å². The fourth-order valence-corrected chi connectivity index (χ4v) is 4.54. The highest BCUT2D eigenvalue weighted by atomic mass is 32.2. The highest BCUT2D eigenvalue weighted by Gasteiger charge is 2.34. The Balaban J connectivity index is 2.38. The fraction of sp³-hybridized carbons (Fsp3) is 0.500. The van der Waals surface area contributed by atoms with Crippen molar-refractivity contribution < 1.29 is 8.42 Å². The number of aryl methyl sites for hydroxylation is 1. The monoisotopic (exact) mass is 312 g/mol. The maximum Gasteiger partial charge on any atom is 0.241 e. The van der Waals surface area contributed by atoms with Gasteiger partial charge >= 0.3 is 0 Å². The molecule has 0 spiro atoms. The molecule has 0 saturated heterocycles. The summed E-state index contributed by atoms with van der Waals surface area (Å²) in [5.41, 5.74) is 6.50. The van der Waals surface area contributed by atoms with E-state index in [9.17, 15) is 8.42 Å². The van der Waals surface area contributed by atoms with E-state index in [1.54, 1.807) is 25.1 Å². The van der Waals surface area contributed by atoms with Crippen LogP contribution in [0.1, 0.15) is 43.7 Å². The zero-order valence-corrected chi connectivity index (χ0v) is 13.4. The molecule has 1 aromatic rings. The summed E-state index contributed by atoms with van der Waals surface area (Å²) in [6.07, 6.45) is 3.87. The molecule has 1 aliphatic rings. The maximum absolute atomic E-state index is 12.6. The maximum atomic E-state index is 12.6. The average Bonchev–Trinajstić information content (AvgIpc) is 2.74. The van der Waals surface area contributed by atoms with Crippen molar-refractivity contribution in [2.45, 2.75) is 50.0 Å². The van der Waals surface area contributed by atoms with Crippen LogP contribution in [0.15, 0.2) is 23.1 Å². The molecule has 2 rings (SSSR count). The van der Waals surface area contributed by atoms with Gasteiger partial charge in [0, 0.05) is 11.1 Å². The first-order chi connectivity index (χ1) is 9.23. The Morgan fingerprint density at radius 3 is 2.50 bits per heavy atom. The largest absolute Gasteiger partial charge is 0.389 e. The van der Waals surface area contributed by atoms with Gasteiger partial charge in [-0.05, 0) is 38.3 Å². The van der Waals surface area contributed by atoms with E-state index < -0.39 is 10.0 Å². The second-order valence-electron chi connectivity index (χ2n) is 5.72. The van der Waals surface area contributed by atoms with E-state index >= 15 is 0 Å². The molecule has 6 heteroatoms. The molecule has 0 amide bonds. The Bertz CT molecular complexity index is 633. The molecule has 1 aromatic carbocycles. The van der Waals surface area contributed by atoms with Crippen LogP contribution in [-0.4, -0.2) is 18.9 Å². The van der Waals surface area contributed by atoms with Crippen molar-refractivity contribution in [3.8, 4) is 0 Å². The number of hydrogen-bond acceptors (Lipinski definition) is 3. The third-order valence-corrected chi connectivity index (χ3v) is 5.87. The number of nitrogens with two attached hydrogens (primary N) is 1. The SMILES string of the molecule is Cc1ccc(C(N)=S)cc1S(=O)(=O)NC1(C)CCCC1. The number of rotatable bonds is 4. The van der Waals surface area contributed by atoms with Crippen molar-refractivity contribution in [3.63, 3.8) is 0 Å². The molecule has 0 atom stereocenters.